The van der Waals surface area contributed by atoms with Crippen LogP contribution in [0.4, 0.5) is 0 Å². The number of hydrogen-bond donors (Lipinski definition) is 5. The lowest BCUT2D eigenvalue weighted by atomic mass is 9.83. The molecule has 0 radical (unpaired) electrons. The Balaban J connectivity index is 0.000000176. The summed E-state index contributed by atoms with van der Waals surface area (Å²) in [5.41, 5.74) is 11.1. The van der Waals surface area contributed by atoms with E-state index in [-0.39, 0.29) is 31.0 Å². The maximum atomic E-state index is 10.8. The minimum absolute atomic E-state index is 0.0297. The number of carboxylic acids is 2. The third-order valence-electron chi connectivity index (χ3n) is 7.36. The molecule has 0 saturated carbocycles. The van der Waals surface area contributed by atoms with Crippen molar-refractivity contribution in [3.63, 3.8) is 0 Å². The van der Waals surface area contributed by atoms with Crippen LogP contribution in [0.25, 0.3) is 0 Å². The lowest BCUT2D eigenvalue weighted by molar-refractivity contribution is -0.139. The Kier molecular flexibility index (Phi) is 11.7. The molecule has 3 atom stereocenters. The first-order valence-corrected chi connectivity index (χ1v) is 13.8. The number of aliphatic carboxylic acids is 2. The molecule has 2 heterocycles. The van der Waals surface area contributed by atoms with Crippen molar-refractivity contribution in [2.24, 2.45) is 5.73 Å². The lowest BCUT2D eigenvalue weighted by Crippen LogP contribution is -2.36. The molecule has 0 amide bonds. The van der Waals surface area contributed by atoms with E-state index < -0.39 is 26.0 Å². The van der Waals surface area contributed by atoms with Crippen LogP contribution < -0.4 is 5.73 Å². The fourth-order valence-corrected chi connectivity index (χ4v) is 5.30. The van der Waals surface area contributed by atoms with Gasteiger partial charge < -0.3 is 35.6 Å². The van der Waals surface area contributed by atoms with Crippen LogP contribution in [0.3, 0.4) is 0 Å². The minimum Gasteiger partial charge on any atom is -0.481 e. The Morgan fingerprint density at radius 1 is 0.756 bits per heavy atom. The molecule has 41 heavy (non-hydrogen) atoms. The van der Waals surface area contributed by atoms with E-state index in [1.807, 2.05) is 85.8 Å². The summed E-state index contributed by atoms with van der Waals surface area (Å²) in [6.45, 7) is 6.55. The maximum Gasteiger partial charge on any atom is 0.377 e. The molecule has 216 valence electrons. The second-order valence-electron chi connectivity index (χ2n) is 10.4. The zero-order chi connectivity index (χ0) is 30.1. The summed E-state index contributed by atoms with van der Waals surface area (Å²) in [6.07, 6.45) is 0.0594. The molecule has 0 bridgehead atoms. The van der Waals surface area contributed by atoms with Crippen molar-refractivity contribution in [1.29, 1.82) is 0 Å². The lowest BCUT2D eigenvalue weighted by Gasteiger charge is -2.24. The molecule has 0 saturated heterocycles. The van der Waals surface area contributed by atoms with Gasteiger partial charge in [-0.2, -0.15) is 0 Å². The highest BCUT2D eigenvalue weighted by molar-refractivity contribution is 6.45. The van der Waals surface area contributed by atoms with Crippen molar-refractivity contribution < 1.29 is 29.9 Å². The molecule has 2 aliphatic rings. The largest absolute Gasteiger partial charge is 0.481 e. The van der Waals surface area contributed by atoms with Crippen molar-refractivity contribution in [3.8, 4) is 0 Å². The van der Waals surface area contributed by atoms with Crippen LogP contribution in [0, 0.1) is 0 Å². The first-order chi connectivity index (χ1) is 19.5. The maximum absolute atomic E-state index is 10.8. The highest BCUT2D eigenvalue weighted by Crippen LogP contribution is 2.37. The Morgan fingerprint density at radius 3 is 1.44 bits per heavy atom. The van der Waals surface area contributed by atoms with Crippen LogP contribution in [0.5, 0.6) is 0 Å². The average Bonchev–Trinajstić information content (AvgIpc) is 3.48. The molecule has 6 N–H and O–H groups in total. The predicted molar refractivity (Wildman–Crippen MR) is 161 cm³/mol. The standard InChI is InChI=1S/2C11H14BNO3.C8H11N/c2*1-12(16)13-7-8-4-2-3-5-9(8)10(13)6-11(14)15;1-7(9)8-5-3-2-4-6-8/h2*2-5,10,16H,6-7H2,1H3,(H,14,15);2-7H,9H2,1H3/t;;7-/m..0/s1. The van der Waals surface area contributed by atoms with E-state index in [1.54, 1.807) is 23.3 Å². The molecule has 2 unspecified atom stereocenters. The van der Waals surface area contributed by atoms with Gasteiger partial charge in [-0.15, -0.1) is 0 Å². The van der Waals surface area contributed by atoms with Crippen LogP contribution in [0.2, 0.25) is 13.6 Å². The fraction of sp³-hybridized carbons (Fsp3) is 0.333. The van der Waals surface area contributed by atoms with Crippen molar-refractivity contribution in [3.05, 3.63) is 107 Å². The molecule has 9 nitrogen and oxygen atoms in total. The van der Waals surface area contributed by atoms with Crippen molar-refractivity contribution >= 4 is 26.0 Å². The van der Waals surface area contributed by atoms with Gasteiger partial charge >= 0.3 is 26.0 Å². The number of nitrogens with zero attached hydrogens (tertiary/aromatic N) is 2. The summed E-state index contributed by atoms with van der Waals surface area (Å²) >= 11 is 0. The zero-order valence-electron chi connectivity index (χ0n) is 23.8. The highest BCUT2D eigenvalue weighted by Gasteiger charge is 2.36. The zero-order valence-corrected chi connectivity index (χ0v) is 23.8. The molecule has 11 heteroatoms. The van der Waals surface area contributed by atoms with Gasteiger partial charge in [0.1, 0.15) is 0 Å². The van der Waals surface area contributed by atoms with Crippen LogP contribution in [-0.4, -0.2) is 55.9 Å². The number of nitrogens with two attached hydrogens (primary N) is 1. The quantitative estimate of drug-likeness (QED) is 0.272. The van der Waals surface area contributed by atoms with Crippen LogP contribution >= 0.6 is 0 Å². The van der Waals surface area contributed by atoms with Crippen LogP contribution in [0.15, 0.2) is 78.9 Å². The molecular weight excluding hydrogens is 520 g/mol. The number of fused-ring (bicyclic) bond motifs is 2. The number of carboxylic acid groups (broad SMARTS) is 2. The second kappa shape index (κ2) is 15.0. The van der Waals surface area contributed by atoms with Crippen LogP contribution in [0.1, 0.15) is 65.7 Å². The predicted octanol–water partition coefficient (Wildman–Crippen LogP) is 3.96. The highest BCUT2D eigenvalue weighted by atomic mass is 16.4. The first-order valence-electron chi connectivity index (χ1n) is 13.8. The molecule has 0 aliphatic carbocycles. The number of hydrogen-bond acceptors (Lipinski definition) is 7. The molecule has 2 aliphatic heterocycles. The molecule has 0 aromatic heterocycles. The Bertz CT molecular complexity index is 1210. The smallest absolute Gasteiger partial charge is 0.377 e. The fourth-order valence-electron chi connectivity index (χ4n) is 5.30. The van der Waals surface area contributed by atoms with Crippen molar-refractivity contribution in [2.75, 3.05) is 0 Å². The third kappa shape index (κ3) is 8.76. The van der Waals surface area contributed by atoms with E-state index in [9.17, 15) is 19.6 Å². The van der Waals surface area contributed by atoms with Gasteiger partial charge in [0.05, 0.1) is 12.8 Å². The van der Waals surface area contributed by atoms with E-state index in [2.05, 4.69) is 0 Å². The Labute approximate surface area is 242 Å². The Morgan fingerprint density at radius 2 is 1.12 bits per heavy atom. The van der Waals surface area contributed by atoms with E-state index in [0.717, 1.165) is 22.3 Å². The molecule has 0 spiro atoms. The van der Waals surface area contributed by atoms with Gasteiger partial charge in [0.15, 0.2) is 0 Å². The van der Waals surface area contributed by atoms with E-state index >= 15 is 0 Å². The minimum atomic E-state index is -0.840. The van der Waals surface area contributed by atoms with Crippen molar-refractivity contribution in [1.82, 2.24) is 9.62 Å². The van der Waals surface area contributed by atoms with E-state index in [1.165, 1.54) is 5.56 Å². The van der Waals surface area contributed by atoms with Gasteiger partial charge in [0.25, 0.3) is 0 Å². The summed E-state index contributed by atoms with van der Waals surface area (Å²) in [6, 6.07) is 25.3. The molecule has 0 fully saturated rings. The van der Waals surface area contributed by atoms with Crippen LogP contribution in [-0.2, 0) is 22.7 Å². The summed E-state index contributed by atoms with van der Waals surface area (Å²) in [5, 5.41) is 37.1. The Hall–Kier alpha value is -3.47. The first kappa shape index (κ1) is 32.0. The third-order valence-corrected chi connectivity index (χ3v) is 7.36. The summed E-state index contributed by atoms with van der Waals surface area (Å²) in [5.74, 6) is -1.68. The van der Waals surface area contributed by atoms with Crippen molar-refractivity contribution in [2.45, 2.75) is 64.6 Å². The normalized spacial score (nSPS) is 18.1. The summed E-state index contributed by atoms with van der Waals surface area (Å²) in [4.78, 5) is 25.3. The molecular formula is C30H39B2N3O6. The van der Waals surface area contributed by atoms with Gasteiger partial charge in [-0.1, -0.05) is 78.9 Å². The monoisotopic (exact) mass is 559 g/mol. The molecule has 3 aromatic rings. The number of rotatable bonds is 7. The van der Waals surface area contributed by atoms with Gasteiger partial charge in [-0.25, -0.2) is 0 Å². The van der Waals surface area contributed by atoms with E-state index in [4.69, 9.17) is 15.9 Å². The van der Waals surface area contributed by atoms with Gasteiger partial charge in [0.2, 0.25) is 0 Å². The van der Waals surface area contributed by atoms with Gasteiger partial charge in [0, 0.05) is 31.2 Å². The number of benzene rings is 3. The van der Waals surface area contributed by atoms with Gasteiger partial charge in [-0.3, -0.25) is 9.59 Å². The van der Waals surface area contributed by atoms with E-state index in [0.29, 0.717) is 13.1 Å². The topological polar surface area (TPSA) is 148 Å². The number of carbonyl (C=O) groups is 2. The molecule has 3 aromatic carbocycles. The van der Waals surface area contributed by atoms with Gasteiger partial charge in [-0.05, 0) is 48.4 Å². The average molecular weight is 559 g/mol. The summed E-state index contributed by atoms with van der Waals surface area (Å²) < 4.78 is 0. The molecule has 5 rings (SSSR count). The SMILES string of the molecule is CB(O)N1Cc2ccccc2C1CC(=O)O.CB(O)N1Cc2ccccc2C1CC(=O)O.C[C@H](N)c1ccccc1. The second-order valence-corrected chi connectivity index (χ2v) is 10.4. The summed E-state index contributed by atoms with van der Waals surface area (Å²) in [7, 11) is -1.26.